The molecule has 0 unspecified atom stereocenters. The van der Waals surface area contributed by atoms with Gasteiger partial charge in [0.1, 0.15) is 0 Å². The summed E-state index contributed by atoms with van der Waals surface area (Å²) in [7, 11) is 0. The number of rotatable bonds is 6. The normalized spacial score (nSPS) is 11.0. The lowest BCUT2D eigenvalue weighted by atomic mass is 10.2. The summed E-state index contributed by atoms with van der Waals surface area (Å²) >= 11 is 1.93. The van der Waals surface area contributed by atoms with Crippen LogP contribution in [0.4, 0.5) is 0 Å². The molecular formula is C9H18S. The minimum atomic E-state index is 1.25. The van der Waals surface area contributed by atoms with Crippen molar-refractivity contribution in [2.24, 2.45) is 0 Å². The zero-order valence-electron chi connectivity index (χ0n) is 7.10. The Hall–Kier alpha value is 0.0900. The standard InChI is InChI=1S/C9H18S/c1-3-4-5-6-7-8-9-10-2/h5-6H,3-4,7-9H2,1-2H3/b6-5+. The molecule has 0 fully saturated rings. The average molecular weight is 158 g/mol. The molecule has 0 aliphatic carbocycles. The molecule has 0 atom stereocenters. The molecule has 0 aliphatic heterocycles. The van der Waals surface area contributed by atoms with E-state index in [4.69, 9.17) is 0 Å². The van der Waals surface area contributed by atoms with Gasteiger partial charge >= 0.3 is 0 Å². The summed E-state index contributed by atoms with van der Waals surface area (Å²) in [5.74, 6) is 1.30. The highest BCUT2D eigenvalue weighted by atomic mass is 32.2. The van der Waals surface area contributed by atoms with Gasteiger partial charge in [0.2, 0.25) is 0 Å². The third kappa shape index (κ3) is 8.09. The first-order valence-electron chi connectivity index (χ1n) is 4.05. The zero-order valence-corrected chi connectivity index (χ0v) is 7.91. The van der Waals surface area contributed by atoms with Crippen molar-refractivity contribution < 1.29 is 0 Å². The SMILES string of the molecule is CCC/C=C/CCCSC. The Kier molecular flexibility index (Phi) is 9.17. The highest BCUT2D eigenvalue weighted by molar-refractivity contribution is 7.98. The highest BCUT2D eigenvalue weighted by Gasteiger charge is 1.80. The molecular weight excluding hydrogens is 140 g/mol. The van der Waals surface area contributed by atoms with Gasteiger partial charge in [-0.05, 0) is 31.3 Å². The third-order valence-corrected chi connectivity index (χ3v) is 2.04. The van der Waals surface area contributed by atoms with E-state index in [0.717, 1.165) is 0 Å². The summed E-state index contributed by atoms with van der Waals surface area (Å²) in [4.78, 5) is 0. The van der Waals surface area contributed by atoms with E-state index in [9.17, 15) is 0 Å². The van der Waals surface area contributed by atoms with Gasteiger partial charge in [-0.15, -0.1) is 0 Å². The lowest BCUT2D eigenvalue weighted by Crippen LogP contribution is -1.74. The first-order chi connectivity index (χ1) is 4.91. The monoisotopic (exact) mass is 158 g/mol. The smallest absolute Gasteiger partial charge is 0.00674 e. The van der Waals surface area contributed by atoms with Crippen LogP contribution >= 0.6 is 11.8 Å². The Morgan fingerprint density at radius 1 is 1.20 bits per heavy atom. The zero-order chi connectivity index (χ0) is 7.66. The Balaban J connectivity index is 2.88. The molecule has 0 bridgehead atoms. The van der Waals surface area contributed by atoms with Crippen molar-refractivity contribution in [3.05, 3.63) is 12.2 Å². The molecule has 0 aromatic rings. The van der Waals surface area contributed by atoms with Crippen LogP contribution < -0.4 is 0 Å². The van der Waals surface area contributed by atoms with E-state index in [1.54, 1.807) is 0 Å². The Morgan fingerprint density at radius 2 is 1.90 bits per heavy atom. The molecule has 0 saturated carbocycles. The second kappa shape index (κ2) is 9.09. The second-order valence-corrected chi connectivity index (χ2v) is 3.38. The summed E-state index contributed by atoms with van der Waals surface area (Å²) < 4.78 is 0. The fourth-order valence-corrected chi connectivity index (χ4v) is 1.20. The van der Waals surface area contributed by atoms with Crippen molar-refractivity contribution in [3.8, 4) is 0 Å². The van der Waals surface area contributed by atoms with Crippen molar-refractivity contribution >= 4 is 11.8 Å². The minimum Gasteiger partial charge on any atom is -0.165 e. The van der Waals surface area contributed by atoms with Crippen molar-refractivity contribution in [1.82, 2.24) is 0 Å². The summed E-state index contributed by atoms with van der Waals surface area (Å²) in [5.41, 5.74) is 0. The molecule has 10 heavy (non-hydrogen) atoms. The molecule has 0 N–H and O–H groups in total. The van der Waals surface area contributed by atoms with Crippen LogP contribution in [-0.4, -0.2) is 12.0 Å². The van der Waals surface area contributed by atoms with E-state index in [1.165, 1.54) is 31.4 Å². The van der Waals surface area contributed by atoms with Gasteiger partial charge in [0.15, 0.2) is 0 Å². The van der Waals surface area contributed by atoms with E-state index >= 15 is 0 Å². The van der Waals surface area contributed by atoms with Crippen LogP contribution in [0.1, 0.15) is 32.6 Å². The van der Waals surface area contributed by atoms with Gasteiger partial charge in [0.25, 0.3) is 0 Å². The lowest BCUT2D eigenvalue weighted by Gasteiger charge is -1.90. The van der Waals surface area contributed by atoms with Gasteiger partial charge in [-0.3, -0.25) is 0 Å². The van der Waals surface area contributed by atoms with Crippen molar-refractivity contribution in [2.75, 3.05) is 12.0 Å². The number of hydrogen-bond donors (Lipinski definition) is 0. The first kappa shape index (κ1) is 10.1. The number of unbranched alkanes of at least 4 members (excludes halogenated alkanes) is 2. The molecule has 0 nitrogen and oxygen atoms in total. The van der Waals surface area contributed by atoms with E-state index < -0.39 is 0 Å². The van der Waals surface area contributed by atoms with Crippen LogP contribution in [0.2, 0.25) is 0 Å². The lowest BCUT2D eigenvalue weighted by molar-refractivity contribution is 0.927. The van der Waals surface area contributed by atoms with E-state index in [-0.39, 0.29) is 0 Å². The quantitative estimate of drug-likeness (QED) is 0.421. The topological polar surface area (TPSA) is 0 Å². The van der Waals surface area contributed by atoms with Gasteiger partial charge in [-0.25, -0.2) is 0 Å². The average Bonchev–Trinajstić information content (AvgIpc) is 1.97. The van der Waals surface area contributed by atoms with Crippen molar-refractivity contribution in [2.45, 2.75) is 32.6 Å². The molecule has 0 heterocycles. The molecule has 0 saturated heterocycles. The van der Waals surface area contributed by atoms with Gasteiger partial charge in [0.05, 0.1) is 0 Å². The Morgan fingerprint density at radius 3 is 2.50 bits per heavy atom. The molecule has 0 amide bonds. The van der Waals surface area contributed by atoms with Crippen LogP contribution in [0.15, 0.2) is 12.2 Å². The Labute approximate surface area is 69.1 Å². The van der Waals surface area contributed by atoms with Gasteiger partial charge in [-0.1, -0.05) is 25.5 Å². The van der Waals surface area contributed by atoms with Crippen molar-refractivity contribution in [1.29, 1.82) is 0 Å². The largest absolute Gasteiger partial charge is 0.165 e. The Bertz CT molecular complexity index is 76.8. The molecule has 0 aromatic heterocycles. The minimum absolute atomic E-state index is 1.25. The van der Waals surface area contributed by atoms with Gasteiger partial charge < -0.3 is 0 Å². The van der Waals surface area contributed by atoms with Crippen LogP contribution in [0, 0.1) is 0 Å². The first-order valence-corrected chi connectivity index (χ1v) is 5.45. The maximum absolute atomic E-state index is 2.31. The molecule has 60 valence electrons. The molecule has 0 spiro atoms. The molecule has 1 heteroatoms. The van der Waals surface area contributed by atoms with Gasteiger partial charge in [0, 0.05) is 0 Å². The van der Waals surface area contributed by atoms with E-state index in [2.05, 4.69) is 25.3 Å². The predicted molar refractivity (Wildman–Crippen MR) is 51.7 cm³/mol. The summed E-state index contributed by atoms with van der Waals surface area (Å²) in [6.07, 6.45) is 11.9. The fourth-order valence-electron chi connectivity index (χ4n) is 0.748. The molecule has 0 rings (SSSR count). The maximum atomic E-state index is 2.31. The number of hydrogen-bond acceptors (Lipinski definition) is 1. The maximum Gasteiger partial charge on any atom is -0.00674 e. The van der Waals surface area contributed by atoms with E-state index in [0.29, 0.717) is 0 Å². The molecule has 0 aromatic carbocycles. The molecule has 0 radical (unpaired) electrons. The number of thioether (sulfide) groups is 1. The fraction of sp³-hybridized carbons (Fsp3) is 0.778. The summed E-state index contributed by atoms with van der Waals surface area (Å²) in [6, 6.07) is 0. The van der Waals surface area contributed by atoms with Gasteiger partial charge in [-0.2, -0.15) is 11.8 Å². The predicted octanol–water partition coefficient (Wildman–Crippen LogP) is 3.49. The van der Waals surface area contributed by atoms with Crippen LogP contribution in [-0.2, 0) is 0 Å². The number of allylic oxidation sites excluding steroid dienone is 2. The summed E-state index contributed by atoms with van der Waals surface area (Å²) in [6.45, 7) is 2.21. The van der Waals surface area contributed by atoms with Crippen LogP contribution in [0.3, 0.4) is 0 Å². The van der Waals surface area contributed by atoms with Crippen LogP contribution in [0.5, 0.6) is 0 Å². The summed E-state index contributed by atoms with van der Waals surface area (Å²) in [5, 5.41) is 0. The third-order valence-electron chi connectivity index (χ3n) is 1.34. The van der Waals surface area contributed by atoms with Crippen molar-refractivity contribution in [3.63, 3.8) is 0 Å². The molecule has 0 aliphatic rings. The van der Waals surface area contributed by atoms with E-state index in [1.807, 2.05) is 11.8 Å². The highest BCUT2D eigenvalue weighted by Crippen LogP contribution is 2.00. The second-order valence-electron chi connectivity index (χ2n) is 2.40. The van der Waals surface area contributed by atoms with Crippen LogP contribution in [0.25, 0.3) is 0 Å².